The Bertz CT molecular complexity index is 1190. The van der Waals surface area contributed by atoms with Crippen LogP contribution in [0.3, 0.4) is 0 Å². The van der Waals surface area contributed by atoms with Crippen molar-refractivity contribution < 1.29 is 4.42 Å². The summed E-state index contributed by atoms with van der Waals surface area (Å²) in [6, 6.07) is 16.9. The van der Waals surface area contributed by atoms with Crippen molar-refractivity contribution in [2.24, 2.45) is 0 Å². The van der Waals surface area contributed by atoms with Gasteiger partial charge in [-0.3, -0.25) is 0 Å². The number of rotatable bonds is 4. The summed E-state index contributed by atoms with van der Waals surface area (Å²) in [5, 5.41) is 8.28. The van der Waals surface area contributed by atoms with Gasteiger partial charge in [0.15, 0.2) is 0 Å². The molecular weight excluding hydrogens is 390 g/mol. The van der Waals surface area contributed by atoms with Gasteiger partial charge in [-0.25, -0.2) is 0 Å². The molecule has 0 saturated carbocycles. The van der Waals surface area contributed by atoms with E-state index in [4.69, 9.17) is 4.42 Å². The van der Waals surface area contributed by atoms with Crippen LogP contribution < -0.4 is 4.90 Å². The minimum Gasteiger partial charge on any atom is -0.417 e. The first-order valence-electron chi connectivity index (χ1n) is 10.0. The van der Waals surface area contributed by atoms with Crippen LogP contribution in [0.25, 0.3) is 17.5 Å². The van der Waals surface area contributed by atoms with Crippen LogP contribution in [0.5, 0.6) is 0 Å². The standard InChI is InChI=1S/C25H21N3OS/c1-2-3-4-13-24-26-27-25(29-24)18-14-16-19(17-15-18)28-20-9-5-7-11-22(20)30-23-12-8-6-10-21(23)28/h2-5,7-9,11-17H,6,10H2,1H3/b3-2+,13-4+. The predicted octanol–water partition coefficient (Wildman–Crippen LogP) is 7.13. The number of benzene rings is 2. The highest BCUT2D eigenvalue weighted by atomic mass is 32.2. The van der Waals surface area contributed by atoms with Crippen LogP contribution in [-0.4, -0.2) is 10.2 Å². The first-order valence-corrected chi connectivity index (χ1v) is 10.8. The highest BCUT2D eigenvalue weighted by molar-refractivity contribution is 8.03. The van der Waals surface area contributed by atoms with Crippen LogP contribution in [0, 0.1) is 0 Å². The van der Waals surface area contributed by atoms with Crippen molar-refractivity contribution >= 4 is 29.2 Å². The number of allylic oxidation sites excluding steroid dienone is 6. The second-order valence-corrected chi connectivity index (χ2v) is 8.12. The Balaban J connectivity index is 1.48. The van der Waals surface area contributed by atoms with Gasteiger partial charge in [0.2, 0.25) is 11.8 Å². The summed E-state index contributed by atoms with van der Waals surface area (Å²) < 4.78 is 5.77. The molecule has 0 amide bonds. The van der Waals surface area contributed by atoms with Crippen molar-refractivity contribution in [1.29, 1.82) is 0 Å². The lowest BCUT2D eigenvalue weighted by Crippen LogP contribution is -2.22. The van der Waals surface area contributed by atoms with Crippen LogP contribution in [0.4, 0.5) is 11.4 Å². The van der Waals surface area contributed by atoms with Crippen LogP contribution in [0.1, 0.15) is 25.7 Å². The molecule has 0 spiro atoms. The van der Waals surface area contributed by atoms with Crippen molar-refractivity contribution in [2.45, 2.75) is 24.7 Å². The first kappa shape index (κ1) is 18.7. The van der Waals surface area contributed by atoms with E-state index < -0.39 is 0 Å². The number of nitrogens with zero attached hydrogens (tertiary/aromatic N) is 3. The summed E-state index contributed by atoms with van der Waals surface area (Å²) in [5.41, 5.74) is 4.65. The van der Waals surface area contributed by atoms with Crippen molar-refractivity contribution in [3.8, 4) is 11.5 Å². The van der Waals surface area contributed by atoms with Gasteiger partial charge in [-0.2, -0.15) is 0 Å². The number of aromatic nitrogens is 2. The van der Waals surface area contributed by atoms with Gasteiger partial charge < -0.3 is 9.32 Å². The van der Waals surface area contributed by atoms with Gasteiger partial charge in [0, 0.05) is 32.8 Å². The molecule has 0 unspecified atom stereocenters. The SMILES string of the molecule is C/C=C/C=C/c1nnc(-c2ccc(N3C4=C(C=CCC4)Sc4ccccc43)cc2)o1. The van der Waals surface area contributed by atoms with Gasteiger partial charge in [-0.15, -0.1) is 10.2 Å². The number of para-hydroxylation sites is 1. The third-order valence-corrected chi connectivity index (χ3v) is 6.21. The number of hydrogen-bond acceptors (Lipinski definition) is 5. The van der Waals surface area contributed by atoms with Crippen LogP contribution in [-0.2, 0) is 0 Å². The van der Waals surface area contributed by atoms with E-state index in [1.54, 1.807) is 6.08 Å². The van der Waals surface area contributed by atoms with Crippen LogP contribution in [0.15, 0.2) is 98.8 Å². The van der Waals surface area contributed by atoms with Crippen molar-refractivity contribution in [3.05, 3.63) is 95.4 Å². The fourth-order valence-electron chi connectivity index (χ4n) is 3.65. The van der Waals surface area contributed by atoms with Crippen LogP contribution >= 0.6 is 11.8 Å². The molecule has 5 heteroatoms. The lowest BCUT2D eigenvalue weighted by Gasteiger charge is -2.35. The summed E-state index contributed by atoms with van der Waals surface area (Å²) in [4.78, 5) is 4.99. The number of hydrogen-bond donors (Lipinski definition) is 0. The van der Waals surface area contributed by atoms with Crippen LogP contribution in [0.2, 0.25) is 0 Å². The average Bonchev–Trinajstić information content (AvgIpc) is 3.27. The van der Waals surface area contributed by atoms with Gasteiger partial charge in [-0.1, -0.05) is 54.3 Å². The molecule has 4 nitrogen and oxygen atoms in total. The van der Waals surface area contributed by atoms with Crippen molar-refractivity contribution in [1.82, 2.24) is 10.2 Å². The quantitative estimate of drug-likeness (QED) is 0.427. The molecule has 5 rings (SSSR count). The molecule has 2 heterocycles. The molecule has 0 N–H and O–H groups in total. The summed E-state index contributed by atoms with van der Waals surface area (Å²) in [6.45, 7) is 1.97. The maximum atomic E-state index is 5.77. The fourth-order valence-corrected chi connectivity index (χ4v) is 4.78. The Morgan fingerprint density at radius 2 is 1.90 bits per heavy atom. The van der Waals surface area contributed by atoms with E-state index >= 15 is 0 Å². The zero-order valence-electron chi connectivity index (χ0n) is 16.7. The van der Waals surface area contributed by atoms with Gasteiger partial charge in [0.25, 0.3) is 0 Å². The molecule has 2 aliphatic rings. The normalized spacial score (nSPS) is 15.8. The van der Waals surface area contributed by atoms with E-state index in [9.17, 15) is 0 Å². The Labute approximate surface area is 180 Å². The van der Waals surface area contributed by atoms with E-state index in [2.05, 4.69) is 63.6 Å². The van der Waals surface area contributed by atoms with Gasteiger partial charge in [0.1, 0.15) is 0 Å². The van der Waals surface area contributed by atoms with E-state index in [0.717, 1.165) is 24.1 Å². The van der Waals surface area contributed by atoms with E-state index in [-0.39, 0.29) is 0 Å². The smallest absolute Gasteiger partial charge is 0.248 e. The third-order valence-electron chi connectivity index (χ3n) is 5.05. The lowest BCUT2D eigenvalue weighted by molar-refractivity contribution is 0.557. The Morgan fingerprint density at radius 1 is 1.03 bits per heavy atom. The fraction of sp³-hybridized carbons (Fsp3) is 0.120. The largest absolute Gasteiger partial charge is 0.417 e. The maximum Gasteiger partial charge on any atom is 0.248 e. The van der Waals surface area contributed by atoms with Crippen molar-refractivity contribution in [2.75, 3.05) is 4.90 Å². The predicted molar refractivity (Wildman–Crippen MR) is 123 cm³/mol. The highest BCUT2D eigenvalue weighted by Crippen LogP contribution is 2.49. The molecule has 0 bridgehead atoms. The summed E-state index contributed by atoms with van der Waals surface area (Å²) in [5.74, 6) is 1.02. The highest BCUT2D eigenvalue weighted by Gasteiger charge is 2.27. The minimum atomic E-state index is 0.498. The monoisotopic (exact) mass is 411 g/mol. The van der Waals surface area contributed by atoms with E-state index in [1.807, 2.05) is 49.0 Å². The average molecular weight is 412 g/mol. The molecule has 1 aromatic heterocycles. The van der Waals surface area contributed by atoms with E-state index in [1.165, 1.54) is 21.2 Å². The lowest BCUT2D eigenvalue weighted by atomic mass is 10.1. The summed E-state index contributed by atoms with van der Waals surface area (Å²) in [7, 11) is 0. The molecule has 2 aromatic carbocycles. The summed E-state index contributed by atoms with van der Waals surface area (Å²) in [6.07, 6.45) is 14.2. The zero-order chi connectivity index (χ0) is 20.3. The van der Waals surface area contributed by atoms with Gasteiger partial charge in [0.05, 0.1) is 5.69 Å². The topological polar surface area (TPSA) is 42.2 Å². The number of thioether (sulfide) groups is 1. The summed E-state index contributed by atoms with van der Waals surface area (Å²) >= 11 is 1.86. The molecule has 0 radical (unpaired) electrons. The third kappa shape index (κ3) is 3.53. The molecule has 148 valence electrons. The second-order valence-electron chi connectivity index (χ2n) is 7.03. The zero-order valence-corrected chi connectivity index (χ0v) is 17.5. The molecule has 1 aliphatic carbocycles. The maximum absolute atomic E-state index is 5.77. The second kappa shape index (κ2) is 8.20. The first-order chi connectivity index (χ1) is 14.8. The number of anilines is 2. The molecule has 3 aromatic rings. The molecule has 0 saturated heterocycles. The molecule has 0 fully saturated rings. The minimum absolute atomic E-state index is 0.498. The Hall–Kier alpha value is -3.31. The Kier molecular flexibility index (Phi) is 5.11. The van der Waals surface area contributed by atoms with E-state index in [0.29, 0.717) is 11.8 Å². The molecular formula is C25H21N3OS. The molecule has 30 heavy (non-hydrogen) atoms. The van der Waals surface area contributed by atoms with Gasteiger partial charge in [-0.05, 0) is 56.2 Å². The van der Waals surface area contributed by atoms with Gasteiger partial charge >= 0.3 is 0 Å². The molecule has 1 aliphatic heterocycles. The Morgan fingerprint density at radius 3 is 2.77 bits per heavy atom. The van der Waals surface area contributed by atoms with Crippen molar-refractivity contribution in [3.63, 3.8) is 0 Å². The number of fused-ring (bicyclic) bond motifs is 1. The molecule has 0 atom stereocenters.